The van der Waals surface area contributed by atoms with Crippen LogP contribution in [0.1, 0.15) is 38.5 Å². The van der Waals surface area contributed by atoms with Crippen molar-refractivity contribution in [1.82, 2.24) is 15.6 Å². The lowest BCUT2D eigenvalue weighted by Gasteiger charge is -2.21. The molecule has 0 atom stereocenters. The number of nitrogens with one attached hydrogen (secondary N) is 2. The summed E-state index contributed by atoms with van der Waals surface area (Å²) < 4.78 is 5.63. The van der Waals surface area contributed by atoms with Crippen molar-refractivity contribution in [3.05, 3.63) is 76.3 Å². The van der Waals surface area contributed by atoms with Gasteiger partial charge in [-0.2, -0.15) is 0 Å². The number of carbonyl (C=O) groups excluding carboxylic acids is 1. The van der Waals surface area contributed by atoms with Crippen molar-refractivity contribution in [2.45, 2.75) is 33.4 Å². The van der Waals surface area contributed by atoms with Crippen LogP contribution in [0.4, 0.5) is 0 Å². The van der Waals surface area contributed by atoms with E-state index in [9.17, 15) is 4.79 Å². The van der Waals surface area contributed by atoms with Crippen LogP contribution in [0.5, 0.6) is 0 Å². The molecule has 0 radical (unpaired) electrons. The van der Waals surface area contributed by atoms with Crippen molar-refractivity contribution in [2.24, 2.45) is 0 Å². The molecule has 5 nitrogen and oxygen atoms in total. The van der Waals surface area contributed by atoms with E-state index in [1.165, 1.54) is 11.1 Å². The van der Waals surface area contributed by atoms with E-state index in [-0.39, 0.29) is 5.91 Å². The first-order chi connectivity index (χ1) is 13.1. The molecule has 0 fully saturated rings. The lowest BCUT2D eigenvalue weighted by Crippen LogP contribution is -2.28. The molecule has 0 spiro atoms. The first kappa shape index (κ1) is 17.5. The molecular weight excluding hydrogens is 338 g/mol. The lowest BCUT2D eigenvalue weighted by atomic mass is 9.96. The first-order valence-corrected chi connectivity index (χ1v) is 9.24. The molecule has 0 unspecified atom stereocenters. The Morgan fingerprint density at radius 3 is 2.74 bits per heavy atom. The van der Waals surface area contributed by atoms with Gasteiger partial charge in [0.2, 0.25) is 0 Å². The van der Waals surface area contributed by atoms with Crippen molar-refractivity contribution in [2.75, 3.05) is 6.54 Å². The molecule has 3 heterocycles. The number of hydrogen-bond acceptors (Lipinski definition) is 4. The molecule has 5 heteroatoms. The van der Waals surface area contributed by atoms with Crippen LogP contribution in [-0.2, 0) is 19.5 Å². The third-order valence-electron chi connectivity index (χ3n) is 5.07. The van der Waals surface area contributed by atoms with E-state index in [1.54, 1.807) is 0 Å². The van der Waals surface area contributed by atoms with Gasteiger partial charge in [0, 0.05) is 36.1 Å². The van der Waals surface area contributed by atoms with Crippen LogP contribution in [0, 0.1) is 13.8 Å². The lowest BCUT2D eigenvalue weighted by molar-refractivity contribution is 0.0950. The van der Waals surface area contributed by atoms with E-state index >= 15 is 0 Å². The number of aromatic nitrogens is 1. The Labute approximate surface area is 158 Å². The highest BCUT2D eigenvalue weighted by molar-refractivity contribution is 5.94. The maximum absolute atomic E-state index is 12.6. The van der Waals surface area contributed by atoms with Crippen molar-refractivity contribution in [1.29, 1.82) is 0 Å². The van der Waals surface area contributed by atoms with Gasteiger partial charge in [-0.15, -0.1) is 0 Å². The maximum atomic E-state index is 12.6. The number of fused-ring (bicyclic) bond motifs is 1. The van der Waals surface area contributed by atoms with Crippen LogP contribution in [0.25, 0.3) is 11.3 Å². The Hall–Kier alpha value is -2.92. The molecule has 0 saturated heterocycles. The van der Waals surface area contributed by atoms with Gasteiger partial charge in [-0.05, 0) is 67.8 Å². The normalized spacial score (nSPS) is 13.3. The first-order valence-electron chi connectivity index (χ1n) is 9.24. The molecular formula is C22H23N3O2. The summed E-state index contributed by atoms with van der Waals surface area (Å²) in [7, 11) is 0. The topological polar surface area (TPSA) is 67.2 Å². The Bertz CT molecular complexity index is 974. The quantitative estimate of drug-likeness (QED) is 0.746. The summed E-state index contributed by atoms with van der Waals surface area (Å²) in [4.78, 5) is 17.1. The van der Waals surface area contributed by atoms with E-state index in [1.807, 2.05) is 56.4 Å². The number of benzene rings is 1. The molecule has 1 aromatic carbocycles. The Balaban J connectivity index is 1.47. The number of hydrogen-bond donors (Lipinski definition) is 2. The van der Waals surface area contributed by atoms with Crippen LogP contribution < -0.4 is 10.6 Å². The van der Waals surface area contributed by atoms with Gasteiger partial charge in [-0.25, -0.2) is 0 Å². The molecule has 138 valence electrons. The number of carbonyl (C=O) groups is 1. The van der Waals surface area contributed by atoms with Gasteiger partial charge in [0.05, 0.1) is 0 Å². The van der Waals surface area contributed by atoms with E-state index in [2.05, 4.69) is 15.6 Å². The number of amides is 1. The fraction of sp³-hybridized carbons (Fsp3) is 0.273. The van der Waals surface area contributed by atoms with Crippen molar-refractivity contribution in [3.63, 3.8) is 0 Å². The summed E-state index contributed by atoms with van der Waals surface area (Å²) in [5.74, 6) is 1.60. The zero-order valence-electron chi connectivity index (χ0n) is 15.6. The second-order valence-corrected chi connectivity index (χ2v) is 6.92. The summed E-state index contributed by atoms with van der Waals surface area (Å²) in [6, 6.07) is 11.4. The predicted molar refractivity (Wildman–Crippen MR) is 104 cm³/mol. The summed E-state index contributed by atoms with van der Waals surface area (Å²) >= 11 is 0. The van der Waals surface area contributed by atoms with Gasteiger partial charge in [0.15, 0.2) is 0 Å². The summed E-state index contributed by atoms with van der Waals surface area (Å²) in [5, 5.41) is 6.41. The second kappa shape index (κ2) is 7.37. The largest absolute Gasteiger partial charge is 0.461 e. The molecule has 4 rings (SSSR count). The minimum absolute atomic E-state index is 0.0805. The predicted octanol–water partition coefficient (Wildman–Crippen LogP) is 3.53. The average molecular weight is 361 g/mol. The molecule has 3 aromatic rings. The third kappa shape index (κ3) is 3.64. The molecule has 2 N–H and O–H groups in total. The van der Waals surface area contributed by atoms with Crippen LogP contribution in [0.2, 0.25) is 0 Å². The van der Waals surface area contributed by atoms with Gasteiger partial charge in [-0.1, -0.05) is 12.1 Å². The zero-order valence-corrected chi connectivity index (χ0v) is 15.6. The molecule has 27 heavy (non-hydrogen) atoms. The molecule has 2 aromatic heterocycles. The van der Waals surface area contributed by atoms with E-state index in [4.69, 9.17) is 4.42 Å². The van der Waals surface area contributed by atoms with Crippen molar-refractivity contribution >= 4 is 5.91 Å². The molecule has 1 aliphatic rings. The van der Waals surface area contributed by atoms with Crippen LogP contribution in [0.3, 0.4) is 0 Å². The van der Waals surface area contributed by atoms with Crippen molar-refractivity contribution < 1.29 is 9.21 Å². The van der Waals surface area contributed by atoms with E-state index in [0.717, 1.165) is 47.9 Å². The average Bonchev–Trinajstić information content (AvgIpc) is 3.13. The van der Waals surface area contributed by atoms with E-state index in [0.29, 0.717) is 12.1 Å². The molecule has 0 bridgehead atoms. The number of aryl methyl sites for hydroxylation is 2. The third-order valence-corrected chi connectivity index (χ3v) is 5.07. The van der Waals surface area contributed by atoms with Gasteiger partial charge >= 0.3 is 0 Å². The number of furan rings is 1. The van der Waals surface area contributed by atoms with Gasteiger partial charge < -0.3 is 15.1 Å². The second-order valence-electron chi connectivity index (χ2n) is 6.92. The highest BCUT2D eigenvalue weighted by Crippen LogP contribution is 2.23. The molecule has 1 aliphatic heterocycles. The summed E-state index contributed by atoms with van der Waals surface area (Å²) in [6.45, 7) is 6.23. The standard InChI is InChI=1S/C22H23N3O2/c1-14-3-8-21(27-14)16-4-6-17(7-5-16)22(26)25-13-20-15(2)24-12-18-11-23-10-9-19(18)20/h3-8,12,23H,9-11,13H2,1-2H3,(H,25,26). The number of pyridine rings is 1. The number of nitrogens with zero attached hydrogens (tertiary/aromatic N) is 1. The van der Waals surface area contributed by atoms with Gasteiger partial charge in [0.25, 0.3) is 5.91 Å². The smallest absolute Gasteiger partial charge is 0.251 e. The fourth-order valence-electron chi connectivity index (χ4n) is 3.52. The highest BCUT2D eigenvalue weighted by atomic mass is 16.3. The highest BCUT2D eigenvalue weighted by Gasteiger charge is 2.16. The monoisotopic (exact) mass is 361 g/mol. The van der Waals surface area contributed by atoms with Crippen LogP contribution >= 0.6 is 0 Å². The summed E-state index contributed by atoms with van der Waals surface area (Å²) in [6.07, 6.45) is 2.92. The number of rotatable bonds is 4. The maximum Gasteiger partial charge on any atom is 0.251 e. The van der Waals surface area contributed by atoms with Gasteiger partial charge in [0.1, 0.15) is 11.5 Å². The van der Waals surface area contributed by atoms with Crippen LogP contribution in [0.15, 0.2) is 47.0 Å². The minimum Gasteiger partial charge on any atom is -0.461 e. The van der Waals surface area contributed by atoms with E-state index < -0.39 is 0 Å². The SMILES string of the molecule is Cc1ccc(-c2ccc(C(=O)NCc3c(C)ncc4c3CCNC4)cc2)o1. The molecule has 1 amide bonds. The molecule has 0 aliphatic carbocycles. The zero-order chi connectivity index (χ0) is 18.8. The Morgan fingerprint density at radius 2 is 2.00 bits per heavy atom. The minimum atomic E-state index is -0.0805. The van der Waals surface area contributed by atoms with Crippen LogP contribution in [-0.4, -0.2) is 17.4 Å². The Kier molecular flexibility index (Phi) is 4.77. The van der Waals surface area contributed by atoms with Gasteiger partial charge in [-0.3, -0.25) is 9.78 Å². The fourth-order valence-corrected chi connectivity index (χ4v) is 3.52. The Morgan fingerprint density at radius 1 is 1.19 bits per heavy atom. The summed E-state index contributed by atoms with van der Waals surface area (Å²) in [5.41, 5.74) is 6.28. The molecule has 0 saturated carbocycles. The van der Waals surface area contributed by atoms with Crippen molar-refractivity contribution in [3.8, 4) is 11.3 Å².